The summed E-state index contributed by atoms with van der Waals surface area (Å²) in [5.41, 5.74) is 0.656. The van der Waals surface area contributed by atoms with Crippen molar-refractivity contribution in [1.82, 2.24) is 5.32 Å². The molecule has 2 rings (SSSR count). The van der Waals surface area contributed by atoms with E-state index in [4.69, 9.17) is 9.47 Å². The van der Waals surface area contributed by atoms with Crippen molar-refractivity contribution in [2.45, 2.75) is 31.7 Å². The molecule has 0 aromatic heterocycles. The maximum absolute atomic E-state index is 14.3. The Morgan fingerprint density at radius 3 is 2.74 bits per heavy atom. The lowest BCUT2D eigenvalue weighted by atomic mass is 9.97. The molecule has 1 aromatic rings. The van der Waals surface area contributed by atoms with Crippen molar-refractivity contribution < 1.29 is 13.9 Å². The van der Waals surface area contributed by atoms with Crippen molar-refractivity contribution in [3.8, 4) is 11.5 Å². The van der Waals surface area contributed by atoms with Gasteiger partial charge < -0.3 is 14.8 Å². The van der Waals surface area contributed by atoms with Gasteiger partial charge in [-0.2, -0.15) is 0 Å². The Labute approximate surface area is 121 Å². The average molecular weight is 332 g/mol. The average Bonchev–Trinajstić information content (AvgIpc) is 2.45. The van der Waals surface area contributed by atoms with Gasteiger partial charge in [-0.3, -0.25) is 0 Å². The number of ether oxygens (including phenoxy) is 2. The normalized spacial score (nSPS) is 19.3. The molecule has 5 heteroatoms. The van der Waals surface area contributed by atoms with Crippen molar-refractivity contribution in [1.29, 1.82) is 0 Å². The Morgan fingerprint density at radius 1 is 1.37 bits per heavy atom. The van der Waals surface area contributed by atoms with Gasteiger partial charge in [0.25, 0.3) is 0 Å². The Morgan fingerprint density at radius 2 is 2.16 bits per heavy atom. The minimum Gasteiger partial charge on any atom is -0.493 e. The maximum Gasteiger partial charge on any atom is 0.177 e. The SMILES string of the molecule is COc1cc(CC2CCCCN2)c(F)c(Br)c1OC. The largest absolute Gasteiger partial charge is 0.493 e. The quantitative estimate of drug-likeness (QED) is 0.918. The summed E-state index contributed by atoms with van der Waals surface area (Å²) in [6.07, 6.45) is 4.17. The lowest BCUT2D eigenvalue weighted by Crippen LogP contribution is -2.35. The van der Waals surface area contributed by atoms with Crippen LogP contribution in [0.15, 0.2) is 10.5 Å². The molecule has 0 spiro atoms. The summed E-state index contributed by atoms with van der Waals surface area (Å²) in [6, 6.07) is 2.07. The second-order valence-electron chi connectivity index (χ2n) is 4.75. The third kappa shape index (κ3) is 3.20. The molecule has 1 unspecified atom stereocenters. The molecular weight excluding hydrogens is 313 g/mol. The van der Waals surface area contributed by atoms with E-state index in [1.54, 1.807) is 13.2 Å². The highest BCUT2D eigenvalue weighted by molar-refractivity contribution is 9.10. The van der Waals surface area contributed by atoms with Crippen molar-refractivity contribution >= 4 is 15.9 Å². The molecule has 0 saturated carbocycles. The van der Waals surface area contributed by atoms with Crippen molar-refractivity contribution in [2.24, 2.45) is 0 Å². The number of nitrogens with one attached hydrogen (secondary N) is 1. The highest BCUT2D eigenvalue weighted by Crippen LogP contribution is 2.39. The van der Waals surface area contributed by atoms with Crippen molar-refractivity contribution in [3.63, 3.8) is 0 Å². The first-order valence-electron chi connectivity index (χ1n) is 6.49. The van der Waals surface area contributed by atoms with Crippen LogP contribution in [0.25, 0.3) is 0 Å². The fraction of sp³-hybridized carbons (Fsp3) is 0.571. The predicted molar refractivity (Wildman–Crippen MR) is 76.5 cm³/mol. The first-order valence-corrected chi connectivity index (χ1v) is 7.29. The van der Waals surface area contributed by atoms with Crippen LogP contribution in [0.2, 0.25) is 0 Å². The molecule has 1 atom stereocenters. The van der Waals surface area contributed by atoms with Crippen LogP contribution >= 0.6 is 15.9 Å². The summed E-state index contributed by atoms with van der Waals surface area (Å²) < 4.78 is 25.1. The first kappa shape index (κ1) is 14.6. The van der Waals surface area contributed by atoms with Crippen LogP contribution in [0, 0.1) is 5.82 Å². The van der Waals surface area contributed by atoms with E-state index in [9.17, 15) is 4.39 Å². The fourth-order valence-corrected chi connectivity index (χ4v) is 3.10. The van der Waals surface area contributed by atoms with Gasteiger partial charge >= 0.3 is 0 Å². The van der Waals surface area contributed by atoms with Gasteiger partial charge in [0.15, 0.2) is 11.5 Å². The minimum atomic E-state index is -0.259. The molecule has 1 aromatic carbocycles. The van der Waals surface area contributed by atoms with Crippen LogP contribution in [0.3, 0.4) is 0 Å². The van der Waals surface area contributed by atoms with E-state index in [1.807, 2.05) is 0 Å². The molecule has 19 heavy (non-hydrogen) atoms. The molecule has 106 valence electrons. The smallest absolute Gasteiger partial charge is 0.177 e. The number of piperidine rings is 1. The van der Waals surface area contributed by atoms with E-state index < -0.39 is 0 Å². The predicted octanol–water partition coefficient (Wildman–Crippen LogP) is 3.29. The Kier molecular flexibility index (Phi) is 5.05. The molecule has 1 aliphatic heterocycles. The van der Waals surface area contributed by atoms with Crippen LogP contribution in [0.5, 0.6) is 11.5 Å². The standard InChI is InChI=1S/C14H19BrFNO2/c1-18-11-8-9(7-10-5-3-4-6-17-10)13(16)12(15)14(11)19-2/h8,10,17H,3-7H2,1-2H3. The zero-order valence-corrected chi connectivity index (χ0v) is 12.8. The number of rotatable bonds is 4. The van der Waals surface area contributed by atoms with E-state index in [0.29, 0.717) is 34.0 Å². The Balaban J connectivity index is 2.26. The zero-order valence-electron chi connectivity index (χ0n) is 11.3. The molecule has 1 heterocycles. The van der Waals surface area contributed by atoms with E-state index in [-0.39, 0.29) is 5.82 Å². The van der Waals surface area contributed by atoms with Crippen molar-refractivity contribution in [2.75, 3.05) is 20.8 Å². The van der Waals surface area contributed by atoms with Gasteiger partial charge in [-0.1, -0.05) is 6.42 Å². The number of benzene rings is 1. The van der Waals surface area contributed by atoms with Gasteiger partial charge in [0.2, 0.25) is 0 Å². The molecule has 3 nitrogen and oxygen atoms in total. The Hall–Kier alpha value is -0.810. The number of hydrogen-bond donors (Lipinski definition) is 1. The van der Waals surface area contributed by atoms with Gasteiger partial charge in [0.1, 0.15) is 5.82 Å². The molecule has 0 amide bonds. The summed E-state index contributed by atoms with van der Waals surface area (Å²) >= 11 is 3.25. The number of halogens is 2. The topological polar surface area (TPSA) is 30.5 Å². The van der Waals surface area contributed by atoms with E-state index >= 15 is 0 Å². The fourth-order valence-electron chi connectivity index (χ4n) is 2.49. The summed E-state index contributed by atoms with van der Waals surface area (Å²) in [5.74, 6) is 0.701. The van der Waals surface area contributed by atoms with E-state index in [1.165, 1.54) is 20.0 Å². The lowest BCUT2D eigenvalue weighted by molar-refractivity contribution is 0.347. The molecular formula is C14H19BrFNO2. The van der Waals surface area contributed by atoms with Gasteiger partial charge in [-0.15, -0.1) is 0 Å². The summed E-state index contributed by atoms with van der Waals surface area (Å²) in [7, 11) is 3.06. The maximum atomic E-state index is 14.3. The molecule has 1 saturated heterocycles. The van der Waals surface area contributed by atoms with Crippen LogP contribution < -0.4 is 14.8 Å². The molecule has 0 radical (unpaired) electrons. The minimum absolute atomic E-state index is 0.259. The van der Waals surface area contributed by atoms with Gasteiger partial charge in [-0.05, 0) is 53.4 Å². The van der Waals surface area contributed by atoms with Crippen LogP contribution in [-0.2, 0) is 6.42 Å². The molecule has 0 aliphatic carbocycles. The molecule has 1 aliphatic rings. The van der Waals surface area contributed by atoms with Gasteiger partial charge in [0.05, 0.1) is 18.7 Å². The highest BCUT2D eigenvalue weighted by Gasteiger charge is 2.21. The molecule has 1 fully saturated rings. The van der Waals surface area contributed by atoms with E-state index in [2.05, 4.69) is 21.2 Å². The monoisotopic (exact) mass is 331 g/mol. The number of hydrogen-bond acceptors (Lipinski definition) is 3. The van der Waals surface area contributed by atoms with Gasteiger partial charge in [0, 0.05) is 6.04 Å². The van der Waals surface area contributed by atoms with E-state index in [0.717, 1.165) is 13.0 Å². The molecule has 1 N–H and O–H groups in total. The summed E-state index contributed by atoms with van der Waals surface area (Å²) in [4.78, 5) is 0. The second kappa shape index (κ2) is 6.57. The second-order valence-corrected chi connectivity index (χ2v) is 5.54. The summed E-state index contributed by atoms with van der Waals surface area (Å²) in [5, 5.41) is 3.43. The third-order valence-corrected chi connectivity index (χ3v) is 4.21. The van der Waals surface area contributed by atoms with Crippen molar-refractivity contribution in [3.05, 3.63) is 21.9 Å². The zero-order chi connectivity index (χ0) is 13.8. The lowest BCUT2D eigenvalue weighted by Gasteiger charge is -2.24. The Bertz CT molecular complexity index is 448. The van der Waals surface area contributed by atoms with Gasteiger partial charge in [-0.25, -0.2) is 4.39 Å². The first-order chi connectivity index (χ1) is 9.17. The van der Waals surface area contributed by atoms with Crippen LogP contribution in [0.4, 0.5) is 4.39 Å². The molecule has 0 bridgehead atoms. The van der Waals surface area contributed by atoms with Crippen LogP contribution in [0.1, 0.15) is 24.8 Å². The third-order valence-electron chi connectivity index (χ3n) is 3.51. The highest BCUT2D eigenvalue weighted by atomic mass is 79.9. The summed E-state index contributed by atoms with van der Waals surface area (Å²) in [6.45, 7) is 1.01. The van der Waals surface area contributed by atoms with Crippen LogP contribution in [-0.4, -0.2) is 26.8 Å². The number of methoxy groups -OCH3 is 2.